The fraction of sp³-hybridized carbons (Fsp3) is 0.182. The molecule has 0 spiro atoms. The Balaban J connectivity index is 2.42. The molecular weight excluding hydrogens is 226 g/mol. The summed E-state index contributed by atoms with van der Waals surface area (Å²) in [5.41, 5.74) is 6.16. The van der Waals surface area contributed by atoms with Crippen LogP contribution in [0.1, 0.15) is 5.56 Å². The van der Waals surface area contributed by atoms with Crippen LogP contribution >= 0.6 is 0 Å². The summed E-state index contributed by atoms with van der Waals surface area (Å²) in [7, 11) is 1.73. The quantitative estimate of drug-likeness (QED) is 0.713. The van der Waals surface area contributed by atoms with E-state index in [2.05, 4.69) is 15.6 Å². The fourth-order valence-electron chi connectivity index (χ4n) is 1.56. The maximum absolute atomic E-state index is 13.6. The van der Waals surface area contributed by atoms with Crippen molar-refractivity contribution >= 4 is 11.7 Å². The van der Waals surface area contributed by atoms with Crippen LogP contribution in [-0.4, -0.2) is 19.2 Å². The molecular formula is C11H12F2N4. The van der Waals surface area contributed by atoms with Gasteiger partial charge in [0.05, 0.1) is 5.70 Å². The van der Waals surface area contributed by atoms with Crippen molar-refractivity contribution in [2.45, 2.75) is 6.17 Å². The van der Waals surface area contributed by atoms with E-state index in [1.807, 2.05) is 0 Å². The molecule has 0 saturated heterocycles. The highest BCUT2D eigenvalue weighted by molar-refractivity contribution is 5.87. The number of halogens is 2. The Bertz CT molecular complexity index is 496. The summed E-state index contributed by atoms with van der Waals surface area (Å²) < 4.78 is 26.4. The SMILES string of the molecule is CNC1C=C(c2ccc(F)cc2F)N=C(N)N1. The summed E-state index contributed by atoms with van der Waals surface area (Å²) in [5, 5.41) is 5.76. The topological polar surface area (TPSA) is 62.4 Å². The molecule has 4 nitrogen and oxygen atoms in total. The first kappa shape index (κ1) is 11.5. The molecule has 1 unspecified atom stereocenters. The lowest BCUT2D eigenvalue weighted by Gasteiger charge is -2.20. The molecule has 0 aliphatic carbocycles. The smallest absolute Gasteiger partial charge is 0.195 e. The summed E-state index contributed by atoms with van der Waals surface area (Å²) in [6.45, 7) is 0. The summed E-state index contributed by atoms with van der Waals surface area (Å²) >= 11 is 0. The van der Waals surface area contributed by atoms with E-state index in [1.165, 1.54) is 12.1 Å². The zero-order valence-electron chi connectivity index (χ0n) is 9.17. The maximum Gasteiger partial charge on any atom is 0.195 e. The molecule has 2 rings (SSSR count). The van der Waals surface area contributed by atoms with Crippen molar-refractivity contribution in [2.75, 3.05) is 7.05 Å². The third-order valence-corrected chi connectivity index (χ3v) is 2.39. The van der Waals surface area contributed by atoms with Gasteiger partial charge in [0.1, 0.15) is 17.8 Å². The number of guanidine groups is 1. The maximum atomic E-state index is 13.6. The van der Waals surface area contributed by atoms with Crippen LogP contribution < -0.4 is 16.4 Å². The number of rotatable bonds is 2. The molecule has 1 atom stereocenters. The largest absolute Gasteiger partial charge is 0.370 e. The van der Waals surface area contributed by atoms with Crippen molar-refractivity contribution in [3.05, 3.63) is 41.5 Å². The predicted octanol–water partition coefficient (Wildman–Crippen LogP) is 0.769. The number of hydrogen-bond acceptors (Lipinski definition) is 4. The number of nitrogens with two attached hydrogens (primary N) is 1. The third-order valence-electron chi connectivity index (χ3n) is 2.39. The van der Waals surface area contributed by atoms with Crippen molar-refractivity contribution in [1.82, 2.24) is 10.6 Å². The van der Waals surface area contributed by atoms with E-state index in [1.54, 1.807) is 13.1 Å². The monoisotopic (exact) mass is 238 g/mol. The number of benzene rings is 1. The number of likely N-dealkylation sites (N-methyl/N-ethyl adjacent to an activating group) is 1. The predicted molar refractivity (Wildman–Crippen MR) is 61.9 cm³/mol. The van der Waals surface area contributed by atoms with Crippen LogP contribution in [0.3, 0.4) is 0 Å². The van der Waals surface area contributed by atoms with E-state index < -0.39 is 11.6 Å². The van der Waals surface area contributed by atoms with Crippen LogP contribution in [0.5, 0.6) is 0 Å². The molecule has 0 radical (unpaired) electrons. The van der Waals surface area contributed by atoms with E-state index in [0.717, 1.165) is 6.07 Å². The molecule has 0 amide bonds. The lowest BCUT2D eigenvalue weighted by atomic mass is 10.1. The average Bonchev–Trinajstić information content (AvgIpc) is 2.28. The molecule has 1 aromatic carbocycles. The number of nitrogens with one attached hydrogen (secondary N) is 2. The van der Waals surface area contributed by atoms with Gasteiger partial charge in [0.25, 0.3) is 0 Å². The highest BCUT2D eigenvalue weighted by Gasteiger charge is 2.16. The molecule has 1 heterocycles. The second kappa shape index (κ2) is 4.50. The van der Waals surface area contributed by atoms with Gasteiger partial charge in [-0.1, -0.05) is 0 Å². The second-order valence-electron chi connectivity index (χ2n) is 3.58. The molecule has 4 N–H and O–H groups in total. The van der Waals surface area contributed by atoms with Crippen molar-refractivity contribution in [2.24, 2.45) is 10.7 Å². The van der Waals surface area contributed by atoms with Gasteiger partial charge in [-0.15, -0.1) is 0 Å². The normalized spacial score (nSPS) is 19.4. The molecule has 1 aliphatic rings. The van der Waals surface area contributed by atoms with Gasteiger partial charge in [0, 0.05) is 11.6 Å². The van der Waals surface area contributed by atoms with Gasteiger partial charge in [0.15, 0.2) is 5.96 Å². The summed E-state index contributed by atoms with van der Waals surface area (Å²) in [5.74, 6) is -1.10. The van der Waals surface area contributed by atoms with E-state index in [-0.39, 0.29) is 17.7 Å². The Morgan fingerprint density at radius 1 is 1.41 bits per heavy atom. The van der Waals surface area contributed by atoms with Gasteiger partial charge in [-0.3, -0.25) is 5.32 Å². The molecule has 1 aliphatic heterocycles. The highest BCUT2D eigenvalue weighted by Crippen LogP contribution is 2.22. The van der Waals surface area contributed by atoms with Crippen LogP contribution in [0.15, 0.2) is 29.3 Å². The second-order valence-corrected chi connectivity index (χ2v) is 3.58. The molecule has 0 fully saturated rings. The lowest BCUT2D eigenvalue weighted by molar-refractivity contribution is 0.579. The number of nitrogens with zero attached hydrogens (tertiary/aromatic N) is 1. The van der Waals surface area contributed by atoms with Gasteiger partial charge >= 0.3 is 0 Å². The Kier molecular flexibility index (Phi) is 3.06. The Morgan fingerprint density at radius 2 is 2.18 bits per heavy atom. The summed E-state index contributed by atoms with van der Waals surface area (Å²) in [6.07, 6.45) is 1.44. The van der Waals surface area contributed by atoms with Crippen LogP contribution in [0.25, 0.3) is 5.70 Å². The zero-order chi connectivity index (χ0) is 12.4. The molecule has 90 valence electrons. The first-order valence-electron chi connectivity index (χ1n) is 5.05. The minimum atomic E-state index is -0.662. The van der Waals surface area contributed by atoms with Crippen molar-refractivity contribution in [3.8, 4) is 0 Å². The summed E-state index contributed by atoms with van der Waals surface area (Å²) in [4.78, 5) is 3.98. The molecule has 17 heavy (non-hydrogen) atoms. The van der Waals surface area contributed by atoms with Crippen LogP contribution in [0, 0.1) is 11.6 Å². The van der Waals surface area contributed by atoms with Crippen LogP contribution in [0.4, 0.5) is 8.78 Å². The number of aliphatic imine (C=N–C) groups is 1. The molecule has 0 saturated carbocycles. The van der Waals surface area contributed by atoms with Crippen LogP contribution in [-0.2, 0) is 0 Å². The van der Waals surface area contributed by atoms with E-state index in [9.17, 15) is 8.78 Å². The van der Waals surface area contributed by atoms with E-state index in [4.69, 9.17) is 5.73 Å². The Morgan fingerprint density at radius 3 is 2.82 bits per heavy atom. The van der Waals surface area contributed by atoms with Crippen molar-refractivity contribution < 1.29 is 8.78 Å². The van der Waals surface area contributed by atoms with Gasteiger partial charge in [-0.2, -0.15) is 0 Å². The van der Waals surface area contributed by atoms with Gasteiger partial charge in [-0.05, 0) is 25.3 Å². The van der Waals surface area contributed by atoms with E-state index >= 15 is 0 Å². The van der Waals surface area contributed by atoms with Crippen LogP contribution in [0.2, 0.25) is 0 Å². The Labute approximate surface area is 97.2 Å². The number of hydrogen-bond donors (Lipinski definition) is 3. The van der Waals surface area contributed by atoms with E-state index in [0.29, 0.717) is 5.70 Å². The minimum Gasteiger partial charge on any atom is -0.370 e. The van der Waals surface area contributed by atoms with Gasteiger partial charge in [0.2, 0.25) is 0 Å². The lowest BCUT2D eigenvalue weighted by Crippen LogP contribution is -2.47. The first-order valence-corrected chi connectivity index (χ1v) is 5.05. The minimum absolute atomic E-state index is 0.186. The Hall–Kier alpha value is -1.95. The molecule has 0 aromatic heterocycles. The molecule has 0 bridgehead atoms. The highest BCUT2D eigenvalue weighted by atomic mass is 19.1. The van der Waals surface area contributed by atoms with Gasteiger partial charge < -0.3 is 11.1 Å². The summed E-state index contributed by atoms with van der Waals surface area (Å²) in [6, 6.07) is 3.34. The van der Waals surface area contributed by atoms with Gasteiger partial charge in [-0.25, -0.2) is 13.8 Å². The third kappa shape index (κ3) is 2.42. The zero-order valence-corrected chi connectivity index (χ0v) is 9.17. The van der Waals surface area contributed by atoms with Crippen molar-refractivity contribution in [1.29, 1.82) is 0 Å². The first-order chi connectivity index (χ1) is 8.10. The molecule has 6 heteroatoms. The fourth-order valence-corrected chi connectivity index (χ4v) is 1.56. The standard InChI is InChI=1S/C11H12F2N4/c1-15-10-5-9(16-11(14)17-10)7-3-2-6(12)4-8(7)13/h2-5,10,15H,1H3,(H3,14,16,17). The molecule has 1 aromatic rings. The van der Waals surface area contributed by atoms with Crippen molar-refractivity contribution in [3.63, 3.8) is 0 Å². The average molecular weight is 238 g/mol.